The van der Waals surface area contributed by atoms with E-state index in [1.807, 2.05) is 13.0 Å². The Morgan fingerprint density at radius 1 is 1.10 bits per heavy atom. The molecule has 0 aromatic heterocycles. The number of ether oxygens (including phenoxy) is 1. The minimum absolute atomic E-state index is 0.264. The molecular formula is C19H34O2. The second-order valence-corrected chi connectivity index (χ2v) is 6.45. The van der Waals surface area contributed by atoms with Crippen molar-refractivity contribution in [2.45, 2.75) is 73.1 Å². The summed E-state index contributed by atoms with van der Waals surface area (Å²) in [5.74, 6) is 1.39. The van der Waals surface area contributed by atoms with Gasteiger partial charge in [-0.15, -0.1) is 0 Å². The Bertz CT molecular complexity index is 326. The molecule has 0 fully saturated rings. The van der Waals surface area contributed by atoms with Crippen molar-refractivity contribution in [2.75, 3.05) is 6.61 Å². The number of hydrogen-bond donors (Lipinski definition) is 0. The molecule has 2 nitrogen and oxygen atoms in total. The highest BCUT2D eigenvalue weighted by Crippen LogP contribution is 2.18. The van der Waals surface area contributed by atoms with Crippen LogP contribution in [0.3, 0.4) is 0 Å². The van der Waals surface area contributed by atoms with Gasteiger partial charge in [-0.1, -0.05) is 64.2 Å². The average molecular weight is 294 g/mol. The quantitative estimate of drug-likeness (QED) is 0.278. The van der Waals surface area contributed by atoms with Crippen LogP contribution in [0.1, 0.15) is 73.1 Å². The van der Waals surface area contributed by atoms with E-state index in [2.05, 4.69) is 27.7 Å². The van der Waals surface area contributed by atoms with E-state index in [9.17, 15) is 4.79 Å². The van der Waals surface area contributed by atoms with Crippen molar-refractivity contribution in [2.24, 2.45) is 11.8 Å². The Labute approximate surface area is 131 Å². The van der Waals surface area contributed by atoms with Crippen molar-refractivity contribution in [3.05, 3.63) is 23.8 Å². The van der Waals surface area contributed by atoms with Gasteiger partial charge in [0.15, 0.2) is 0 Å². The number of carbonyl (C=O) groups is 1. The molecule has 0 amide bonds. The highest BCUT2D eigenvalue weighted by atomic mass is 16.5. The van der Waals surface area contributed by atoms with Gasteiger partial charge in [-0.25, -0.2) is 4.79 Å². The van der Waals surface area contributed by atoms with Crippen LogP contribution in [-0.2, 0) is 9.53 Å². The van der Waals surface area contributed by atoms with Crippen LogP contribution in [0.5, 0.6) is 0 Å². The molecule has 0 heterocycles. The highest BCUT2D eigenvalue weighted by molar-refractivity contribution is 5.82. The molecule has 0 aliphatic carbocycles. The van der Waals surface area contributed by atoms with E-state index in [-0.39, 0.29) is 5.97 Å². The number of hydrogen-bond acceptors (Lipinski definition) is 2. The predicted molar refractivity (Wildman–Crippen MR) is 91.2 cm³/mol. The molecule has 0 saturated heterocycles. The van der Waals surface area contributed by atoms with Gasteiger partial charge >= 0.3 is 5.97 Å². The van der Waals surface area contributed by atoms with Crippen LogP contribution in [-0.4, -0.2) is 12.6 Å². The molecule has 2 heteroatoms. The van der Waals surface area contributed by atoms with Crippen molar-refractivity contribution in [1.29, 1.82) is 0 Å². The Morgan fingerprint density at radius 3 is 2.38 bits per heavy atom. The monoisotopic (exact) mass is 294 g/mol. The summed E-state index contributed by atoms with van der Waals surface area (Å²) in [4.78, 5) is 11.1. The Balaban J connectivity index is 3.77. The lowest BCUT2D eigenvalue weighted by Crippen LogP contribution is -1.98. The smallest absolute Gasteiger partial charge is 0.330 e. The first-order valence-corrected chi connectivity index (χ1v) is 8.46. The van der Waals surface area contributed by atoms with Gasteiger partial charge < -0.3 is 4.74 Å². The van der Waals surface area contributed by atoms with Gasteiger partial charge in [-0.2, -0.15) is 0 Å². The van der Waals surface area contributed by atoms with E-state index >= 15 is 0 Å². The van der Waals surface area contributed by atoms with Crippen molar-refractivity contribution < 1.29 is 9.53 Å². The molecule has 0 bridgehead atoms. The van der Waals surface area contributed by atoms with E-state index in [0.717, 1.165) is 18.3 Å². The third kappa shape index (κ3) is 13.7. The molecule has 0 spiro atoms. The Morgan fingerprint density at radius 2 is 1.76 bits per heavy atom. The maximum absolute atomic E-state index is 11.1. The second-order valence-electron chi connectivity index (χ2n) is 6.45. The molecule has 1 atom stereocenters. The third-order valence-corrected chi connectivity index (χ3v) is 3.65. The summed E-state index contributed by atoms with van der Waals surface area (Å²) in [6.45, 7) is 11.3. The normalized spacial score (nSPS) is 13.9. The third-order valence-electron chi connectivity index (χ3n) is 3.65. The molecule has 0 N–H and O–H groups in total. The highest BCUT2D eigenvalue weighted by Gasteiger charge is 2.03. The molecule has 1 unspecified atom stereocenters. The van der Waals surface area contributed by atoms with Crippen molar-refractivity contribution in [1.82, 2.24) is 0 Å². The van der Waals surface area contributed by atoms with E-state index in [1.165, 1.54) is 43.8 Å². The summed E-state index contributed by atoms with van der Waals surface area (Å²) >= 11 is 0. The van der Waals surface area contributed by atoms with Gasteiger partial charge in [0.1, 0.15) is 0 Å². The number of rotatable bonds is 11. The van der Waals surface area contributed by atoms with Crippen LogP contribution < -0.4 is 0 Å². The zero-order valence-corrected chi connectivity index (χ0v) is 14.7. The largest absolute Gasteiger partial charge is 0.463 e. The summed E-state index contributed by atoms with van der Waals surface area (Å²) in [6.07, 6.45) is 13.0. The summed E-state index contributed by atoms with van der Waals surface area (Å²) in [5.41, 5.74) is 1.32. The van der Waals surface area contributed by atoms with Crippen LogP contribution in [0, 0.1) is 11.8 Å². The Kier molecular flexibility index (Phi) is 12.0. The summed E-state index contributed by atoms with van der Waals surface area (Å²) in [5, 5.41) is 0. The maximum atomic E-state index is 11.1. The van der Waals surface area contributed by atoms with Crippen LogP contribution >= 0.6 is 0 Å². The minimum Gasteiger partial charge on any atom is -0.463 e. The number of esters is 1. The SMILES string of the molecule is CCOC(=O)/C=C/C=C(\C)CCCC(C)CCCC(C)C. The summed E-state index contributed by atoms with van der Waals surface area (Å²) in [6, 6.07) is 0. The van der Waals surface area contributed by atoms with Gasteiger partial charge in [0.2, 0.25) is 0 Å². The van der Waals surface area contributed by atoms with Gasteiger partial charge in [0, 0.05) is 6.08 Å². The Hall–Kier alpha value is -1.05. The van der Waals surface area contributed by atoms with Gasteiger partial charge in [0.25, 0.3) is 0 Å². The lowest BCUT2D eigenvalue weighted by atomic mass is 9.94. The van der Waals surface area contributed by atoms with Crippen molar-refractivity contribution >= 4 is 5.97 Å². The van der Waals surface area contributed by atoms with Gasteiger partial charge in [0.05, 0.1) is 6.61 Å². The number of allylic oxidation sites excluding steroid dienone is 3. The standard InChI is InChI=1S/C19H34O2/c1-6-21-19(20)15-9-14-18(5)13-8-12-17(4)11-7-10-16(2)3/h9,14-17H,6-8,10-13H2,1-5H3/b15-9+,18-14+. The number of carbonyl (C=O) groups excluding carboxylic acids is 1. The molecule has 0 rings (SSSR count). The summed E-state index contributed by atoms with van der Waals surface area (Å²) < 4.78 is 4.84. The van der Waals surface area contributed by atoms with Gasteiger partial charge in [-0.05, 0) is 38.5 Å². The lowest BCUT2D eigenvalue weighted by Gasteiger charge is -2.12. The zero-order valence-electron chi connectivity index (χ0n) is 14.7. The van der Waals surface area contributed by atoms with E-state index in [0.29, 0.717) is 6.61 Å². The average Bonchev–Trinajstić information content (AvgIpc) is 2.38. The fourth-order valence-electron chi connectivity index (χ4n) is 2.31. The fourth-order valence-corrected chi connectivity index (χ4v) is 2.31. The van der Waals surface area contributed by atoms with E-state index in [4.69, 9.17) is 4.74 Å². The van der Waals surface area contributed by atoms with E-state index < -0.39 is 0 Å². The molecule has 0 aliphatic rings. The van der Waals surface area contributed by atoms with Crippen molar-refractivity contribution in [3.8, 4) is 0 Å². The minimum atomic E-state index is -0.264. The first kappa shape index (κ1) is 19.9. The fraction of sp³-hybridized carbons (Fsp3) is 0.737. The topological polar surface area (TPSA) is 26.3 Å². The summed E-state index contributed by atoms with van der Waals surface area (Å²) in [7, 11) is 0. The lowest BCUT2D eigenvalue weighted by molar-refractivity contribution is -0.137. The van der Waals surface area contributed by atoms with Gasteiger partial charge in [-0.3, -0.25) is 0 Å². The zero-order chi connectivity index (χ0) is 16.1. The molecule has 0 radical (unpaired) electrons. The molecule has 122 valence electrons. The molecule has 0 saturated carbocycles. The second kappa shape index (κ2) is 12.7. The first-order chi connectivity index (χ1) is 9.95. The van der Waals surface area contributed by atoms with Crippen molar-refractivity contribution in [3.63, 3.8) is 0 Å². The van der Waals surface area contributed by atoms with E-state index in [1.54, 1.807) is 6.08 Å². The van der Waals surface area contributed by atoms with Crippen LogP contribution in [0.2, 0.25) is 0 Å². The van der Waals surface area contributed by atoms with Crippen LogP contribution in [0.4, 0.5) is 0 Å². The molecule has 0 aliphatic heterocycles. The first-order valence-electron chi connectivity index (χ1n) is 8.46. The maximum Gasteiger partial charge on any atom is 0.330 e. The predicted octanol–water partition coefficient (Wildman–Crippen LogP) is 5.68. The molecule has 0 aromatic carbocycles. The molecule has 0 aromatic rings. The molecular weight excluding hydrogens is 260 g/mol. The molecule has 21 heavy (non-hydrogen) atoms. The van der Waals surface area contributed by atoms with Crippen LogP contribution in [0.15, 0.2) is 23.8 Å². The van der Waals surface area contributed by atoms with Crippen LogP contribution in [0.25, 0.3) is 0 Å².